The molecule has 3 rings (SSSR count). The third kappa shape index (κ3) is 2.70. The molecule has 0 unspecified atom stereocenters. The molecule has 0 heterocycles. The maximum Gasteiger partial charge on any atom is 0.328 e. The molecule has 0 radical (unpaired) electrons. The average Bonchev–Trinajstić information content (AvgIpc) is 2.79. The highest BCUT2D eigenvalue weighted by molar-refractivity contribution is 6.06. The van der Waals surface area contributed by atoms with Gasteiger partial charge in [-0.15, -0.1) is 0 Å². The molecule has 1 aliphatic carbocycles. The van der Waals surface area contributed by atoms with Crippen LogP contribution in [-0.4, -0.2) is 11.1 Å². The van der Waals surface area contributed by atoms with E-state index in [0.717, 1.165) is 34.2 Å². The number of hydrogen-bond acceptors (Lipinski definition) is 1. The average molecular weight is 306 g/mol. The summed E-state index contributed by atoms with van der Waals surface area (Å²) in [6.07, 6.45) is 2.29. The first-order valence-corrected chi connectivity index (χ1v) is 8.04. The Balaban J connectivity index is 2.27. The van der Waals surface area contributed by atoms with Gasteiger partial charge in [-0.1, -0.05) is 58.0 Å². The van der Waals surface area contributed by atoms with Gasteiger partial charge in [-0.05, 0) is 56.9 Å². The summed E-state index contributed by atoms with van der Waals surface area (Å²) >= 11 is 0. The molecule has 0 atom stereocenters. The Morgan fingerprint density at radius 3 is 2.17 bits per heavy atom. The molecular formula is C21H22O2. The Bertz CT molecular complexity index is 820. The van der Waals surface area contributed by atoms with Crippen molar-refractivity contribution in [3.05, 3.63) is 64.7 Å². The van der Waals surface area contributed by atoms with Crippen LogP contribution in [0.25, 0.3) is 16.7 Å². The maximum absolute atomic E-state index is 11.3. The molecule has 1 N–H and O–H groups in total. The smallest absolute Gasteiger partial charge is 0.328 e. The molecule has 0 amide bonds. The van der Waals surface area contributed by atoms with Crippen molar-refractivity contribution in [1.82, 2.24) is 0 Å². The van der Waals surface area contributed by atoms with Gasteiger partial charge in [0.25, 0.3) is 0 Å². The fraction of sp³-hybridized carbons (Fsp3) is 0.286. The summed E-state index contributed by atoms with van der Waals surface area (Å²) in [6.45, 7) is 8.63. The third-order valence-electron chi connectivity index (χ3n) is 4.52. The lowest BCUT2D eigenvalue weighted by Crippen LogP contribution is -2.11. The van der Waals surface area contributed by atoms with Crippen molar-refractivity contribution >= 4 is 11.5 Å². The van der Waals surface area contributed by atoms with E-state index in [-0.39, 0.29) is 5.41 Å². The number of benzene rings is 2. The number of carbonyl (C=O) groups is 1. The van der Waals surface area contributed by atoms with Crippen molar-refractivity contribution in [2.45, 2.75) is 39.5 Å². The van der Waals surface area contributed by atoms with Gasteiger partial charge in [0.05, 0.1) is 0 Å². The highest BCUT2D eigenvalue weighted by atomic mass is 16.4. The SMILES string of the molecule is CCc1ccc2c(c1)/C(=C\C(=O)O)c1cc(C(C)(C)C)ccc1-2. The molecule has 0 fully saturated rings. The van der Waals surface area contributed by atoms with Gasteiger partial charge in [-0.25, -0.2) is 4.79 Å². The Morgan fingerprint density at radius 1 is 1.00 bits per heavy atom. The van der Waals surface area contributed by atoms with Crippen LogP contribution in [0.1, 0.15) is 49.9 Å². The van der Waals surface area contributed by atoms with Crippen LogP contribution in [0, 0.1) is 0 Å². The molecule has 0 saturated carbocycles. The second-order valence-corrected chi connectivity index (χ2v) is 7.14. The van der Waals surface area contributed by atoms with Crippen LogP contribution in [0.5, 0.6) is 0 Å². The number of aryl methyl sites for hydroxylation is 1. The van der Waals surface area contributed by atoms with E-state index < -0.39 is 5.97 Å². The Labute approximate surface area is 137 Å². The normalized spacial score (nSPS) is 14.7. The Hall–Kier alpha value is -2.35. The zero-order valence-corrected chi connectivity index (χ0v) is 14.1. The molecule has 2 aromatic rings. The molecule has 1 aliphatic rings. The minimum Gasteiger partial charge on any atom is -0.478 e. The van der Waals surface area contributed by atoms with E-state index >= 15 is 0 Å². The fourth-order valence-corrected chi connectivity index (χ4v) is 3.16. The summed E-state index contributed by atoms with van der Waals surface area (Å²) in [6, 6.07) is 12.8. The van der Waals surface area contributed by atoms with Crippen LogP contribution in [-0.2, 0) is 16.6 Å². The van der Waals surface area contributed by atoms with Crippen LogP contribution in [0.15, 0.2) is 42.5 Å². The zero-order chi connectivity index (χ0) is 16.8. The summed E-state index contributed by atoms with van der Waals surface area (Å²) < 4.78 is 0. The van der Waals surface area contributed by atoms with Crippen molar-refractivity contribution < 1.29 is 9.90 Å². The van der Waals surface area contributed by atoms with E-state index in [2.05, 4.69) is 64.1 Å². The maximum atomic E-state index is 11.3. The minimum atomic E-state index is -0.901. The second-order valence-electron chi connectivity index (χ2n) is 7.14. The first-order valence-electron chi connectivity index (χ1n) is 8.04. The van der Waals surface area contributed by atoms with Gasteiger partial charge in [0, 0.05) is 6.08 Å². The van der Waals surface area contributed by atoms with Crippen LogP contribution in [0.4, 0.5) is 0 Å². The number of hydrogen-bond donors (Lipinski definition) is 1. The fourth-order valence-electron chi connectivity index (χ4n) is 3.16. The molecule has 2 aromatic carbocycles. The summed E-state index contributed by atoms with van der Waals surface area (Å²) in [4.78, 5) is 11.3. The molecular weight excluding hydrogens is 284 g/mol. The molecule has 2 heteroatoms. The van der Waals surface area contributed by atoms with E-state index in [1.54, 1.807) is 0 Å². The predicted molar refractivity (Wildman–Crippen MR) is 94.7 cm³/mol. The first-order chi connectivity index (χ1) is 10.8. The van der Waals surface area contributed by atoms with E-state index in [9.17, 15) is 9.90 Å². The van der Waals surface area contributed by atoms with Crippen LogP contribution in [0.2, 0.25) is 0 Å². The Morgan fingerprint density at radius 2 is 1.61 bits per heavy atom. The quantitative estimate of drug-likeness (QED) is 0.673. The zero-order valence-electron chi connectivity index (χ0n) is 14.1. The predicted octanol–water partition coefficient (Wildman–Crippen LogP) is 5.04. The standard InChI is InChI=1S/C21H22O2/c1-5-13-6-8-15-16-9-7-14(21(2,3)4)11-18(16)19(12-20(22)23)17(15)10-13/h6-12H,5H2,1-4H3,(H,22,23)/b19-12+. The molecule has 23 heavy (non-hydrogen) atoms. The monoisotopic (exact) mass is 306 g/mol. The van der Waals surface area contributed by atoms with Gasteiger partial charge >= 0.3 is 5.97 Å². The summed E-state index contributed by atoms with van der Waals surface area (Å²) in [7, 11) is 0. The van der Waals surface area contributed by atoms with Crippen molar-refractivity contribution in [2.24, 2.45) is 0 Å². The highest BCUT2D eigenvalue weighted by Gasteiger charge is 2.26. The molecule has 2 nitrogen and oxygen atoms in total. The van der Waals surface area contributed by atoms with E-state index in [1.807, 2.05) is 0 Å². The number of aliphatic carboxylic acids is 1. The summed E-state index contributed by atoms with van der Waals surface area (Å²) in [5, 5.41) is 9.30. The number of carboxylic acids is 1. The topological polar surface area (TPSA) is 37.3 Å². The van der Waals surface area contributed by atoms with Crippen molar-refractivity contribution in [3.8, 4) is 11.1 Å². The van der Waals surface area contributed by atoms with E-state index in [1.165, 1.54) is 17.2 Å². The number of rotatable bonds is 2. The van der Waals surface area contributed by atoms with Crippen molar-refractivity contribution in [3.63, 3.8) is 0 Å². The van der Waals surface area contributed by atoms with Crippen molar-refractivity contribution in [2.75, 3.05) is 0 Å². The first kappa shape index (κ1) is 15.5. The molecule has 0 aromatic heterocycles. The lowest BCUT2D eigenvalue weighted by molar-refractivity contribution is -0.131. The largest absolute Gasteiger partial charge is 0.478 e. The van der Waals surface area contributed by atoms with Gasteiger partial charge in [0.2, 0.25) is 0 Å². The molecule has 0 aliphatic heterocycles. The van der Waals surface area contributed by atoms with Crippen molar-refractivity contribution in [1.29, 1.82) is 0 Å². The minimum absolute atomic E-state index is 0.0344. The van der Waals surface area contributed by atoms with Crippen LogP contribution < -0.4 is 0 Å². The van der Waals surface area contributed by atoms with Gasteiger partial charge in [0.15, 0.2) is 0 Å². The van der Waals surface area contributed by atoms with Crippen LogP contribution >= 0.6 is 0 Å². The number of fused-ring (bicyclic) bond motifs is 3. The molecule has 118 valence electrons. The van der Waals surface area contributed by atoms with E-state index in [0.29, 0.717) is 0 Å². The van der Waals surface area contributed by atoms with Crippen LogP contribution in [0.3, 0.4) is 0 Å². The number of carboxylic acid groups (broad SMARTS) is 1. The molecule has 0 bridgehead atoms. The summed E-state index contributed by atoms with van der Waals surface area (Å²) in [5.74, 6) is -0.901. The second kappa shape index (κ2) is 5.38. The molecule has 0 saturated heterocycles. The third-order valence-corrected chi connectivity index (χ3v) is 4.52. The van der Waals surface area contributed by atoms with Gasteiger partial charge in [-0.3, -0.25) is 0 Å². The van der Waals surface area contributed by atoms with Gasteiger partial charge in [-0.2, -0.15) is 0 Å². The molecule has 0 spiro atoms. The van der Waals surface area contributed by atoms with Gasteiger partial charge in [0.1, 0.15) is 0 Å². The lowest BCUT2D eigenvalue weighted by atomic mass is 9.85. The lowest BCUT2D eigenvalue weighted by Gasteiger charge is -2.20. The van der Waals surface area contributed by atoms with E-state index in [4.69, 9.17) is 0 Å². The summed E-state index contributed by atoms with van der Waals surface area (Å²) in [5.41, 5.74) is 7.63. The Kier molecular flexibility index (Phi) is 3.63. The van der Waals surface area contributed by atoms with Gasteiger partial charge < -0.3 is 5.11 Å². The highest BCUT2D eigenvalue weighted by Crippen LogP contribution is 2.45.